The van der Waals surface area contributed by atoms with Crippen molar-refractivity contribution in [2.24, 2.45) is 7.05 Å². The number of nitrogens with one attached hydrogen (secondary N) is 1. The Labute approximate surface area is 124 Å². The number of hydrogen-bond acceptors (Lipinski definition) is 3. The number of hydrogen-bond donors (Lipinski definition) is 1. The molecule has 2 aromatic rings. The average molecular weight is 287 g/mol. The lowest BCUT2D eigenvalue weighted by atomic mass is 9.91. The first kappa shape index (κ1) is 13.7. The van der Waals surface area contributed by atoms with E-state index in [2.05, 4.69) is 53.1 Å². The second kappa shape index (κ2) is 6.02. The van der Waals surface area contributed by atoms with Gasteiger partial charge in [0.25, 0.3) is 0 Å². The summed E-state index contributed by atoms with van der Waals surface area (Å²) in [7, 11) is 2.07. The predicted molar refractivity (Wildman–Crippen MR) is 84.3 cm³/mol. The molecule has 1 aromatic heterocycles. The number of thioether (sulfide) groups is 1. The SMILES string of the molecule is CCNC(Cc1nccn1C)C1CSc2ccccc21. The Morgan fingerprint density at radius 2 is 2.30 bits per heavy atom. The number of rotatable bonds is 5. The van der Waals surface area contributed by atoms with Gasteiger partial charge in [0.1, 0.15) is 5.82 Å². The molecule has 2 unspecified atom stereocenters. The molecule has 0 saturated heterocycles. The van der Waals surface area contributed by atoms with Gasteiger partial charge in [-0.3, -0.25) is 0 Å². The quantitative estimate of drug-likeness (QED) is 0.917. The van der Waals surface area contributed by atoms with Crippen molar-refractivity contribution in [3.8, 4) is 0 Å². The molecule has 0 aliphatic carbocycles. The molecule has 0 fully saturated rings. The van der Waals surface area contributed by atoms with Gasteiger partial charge < -0.3 is 9.88 Å². The highest BCUT2D eigenvalue weighted by Gasteiger charge is 2.30. The van der Waals surface area contributed by atoms with Crippen molar-refractivity contribution in [3.05, 3.63) is 48.0 Å². The van der Waals surface area contributed by atoms with E-state index in [1.165, 1.54) is 16.2 Å². The van der Waals surface area contributed by atoms with Crippen molar-refractivity contribution in [2.45, 2.75) is 30.2 Å². The molecule has 0 bridgehead atoms. The predicted octanol–water partition coefficient (Wildman–Crippen LogP) is 2.83. The zero-order valence-corrected chi connectivity index (χ0v) is 12.9. The lowest BCUT2D eigenvalue weighted by Crippen LogP contribution is -2.37. The normalized spacial score (nSPS) is 19.0. The first-order valence-corrected chi connectivity index (χ1v) is 8.19. The standard InChI is InChI=1S/C16H21N3S/c1-3-17-14(10-16-18-8-9-19(16)2)13-11-20-15-7-5-4-6-12(13)15/h4-9,13-14,17H,3,10-11H2,1-2H3. The van der Waals surface area contributed by atoms with E-state index in [4.69, 9.17) is 0 Å². The van der Waals surface area contributed by atoms with Crippen LogP contribution in [0.3, 0.4) is 0 Å². The van der Waals surface area contributed by atoms with Crippen molar-refractivity contribution >= 4 is 11.8 Å². The third kappa shape index (κ3) is 2.63. The minimum Gasteiger partial charge on any atom is -0.338 e. The van der Waals surface area contributed by atoms with Crippen LogP contribution >= 0.6 is 11.8 Å². The molecule has 0 radical (unpaired) electrons. The number of likely N-dealkylation sites (N-methyl/N-ethyl adjacent to an activating group) is 1. The number of imidazole rings is 1. The molecule has 106 valence electrons. The van der Waals surface area contributed by atoms with Gasteiger partial charge in [0.2, 0.25) is 0 Å². The second-order valence-corrected chi connectivity index (χ2v) is 6.34. The van der Waals surface area contributed by atoms with E-state index in [0.29, 0.717) is 12.0 Å². The number of fused-ring (bicyclic) bond motifs is 1. The van der Waals surface area contributed by atoms with Crippen LogP contribution in [0.4, 0.5) is 0 Å². The Kier molecular flexibility index (Phi) is 4.13. The highest BCUT2D eigenvalue weighted by atomic mass is 32.2. The van der Waals surface area contributed by atoms with Gasteiger partial charge in [-0.2, -0.15) is 0 Å². The van der Waals surface area contributed by atoms with Crippen LogP contribution in [0, 0.1) is 0 Å². The Hall–Kier alpha value is -1.26. The van der Waals surface area contributed by atoms with Gasteiger partial charge >= 0.3 is 0 Å². The van der Waals surface area contributed by atoms with Crippen LogP contribution in [0.5, 0.6) is 0 Å². The van der Waals surface area contributed by atoms with Crippen LogP contribution in [-0.2, 0) is 13.5 Å². The largest absolute Gasteiger partial charge is 0.338 e. The van der Waals surface area contributed by atoms with Crippen LogP contribution in [0.2, 0.25) is 0 Å². The fraction of sp³-hybridized carbons (Fsp3) is 0.438. The maximum absolute atomic E-state index is 4.48. The first-order valence-electron chi connectivity index (χ1n) is 7.21. The second-order valence-electron chi connectivity index (χ2n) is 5.28. The monoisotopic (exact) mass is 287 g/mol. The van der Waals surface area contributed by atoms with E-state index < -0.39 is 0 Å². The highest BCUT2D eigenvalue weighted by Crippen LogP contribution is 2.41. The molecule has 0 spiro atoms. The van der Waals surface area contributed by atoms with E-state index in [1.807, 2.05) is 24.2 Å². The number of aryl methyl sites for hydroxylation is 1. The molecule has 0 amide bonds. The Morgan fingerprint density at radius 3 is 3.05 bits per heavy atom. The van der Waals surface area contributed by atoms with Gasteiger partial charge in [-0.25, -0.2) is 4.98 Å². The lowest BCUT2D eigenvalue weighted by Gasteiger charge is -2.24. The van der Waals surface area contributed by atoms with Gasteiger partial charge in [-0.15, -0.1) is 11.8 Å². The van der Waals surface area contributed by atoms with Gasteiger partial charge in [0, 0.05) is 48.5 Å². The van der Waals surface area contributed by atoms with Gasteiger partial charge in [-0.1, -0.05) is 25.1 Å². The van der Waals surface area contributed by atoms with Crippen molar-refractivity contribution in [2.75, 3.05) is 12.3 Å². The summed E-state index contributed by atoms with van der Waals surface area (Å²) in [6.07, 6.45) is 4.89. The summed E-state index contributed by atoms with van der Waals surface area (Å²) in [5.41, 5.74) is 1.50. The Bertz CT molecular complexity index is 579. The Balaban J connectivity index is 1.83. The minimum atomic E-state index is 0.456. The number of benzene rings is 1. The van der Waals surface area contributed by atoms with Crippen molar-refractivity contribution in [1.82, 2.24) is 14.9 Å². The van der Waals surface area contributed by atoms with Crippen LogP contribution in [0.15, 0.2) is 41.6 Å². The molecule has 1 N–H and O–H groups in total. The molecule has 4 heteroatoms. The topological polar surface area (TPSA) is 29.9 Å². The van der Waals surface area contributed by atoms with E-state index >= 15 is 0 Å². The summed E-state index contributed by atoms with van der Waals surface area (Å²) >= 11 is 1.98. The van der Waals surface area contributed by atoms with Crippen LogP contribution in [0.25, 0.3) is 0 Å². The maximum Gasteiger partial charge on any atom is 0.109 e. The Morgan fingerprint density at radius 1 is 1.45 bits per heavy atom. The van der Waals surface area contributed by atoms with E-state index in [1.54, 1.807) is 0 Å². The van der Waals surface area contributed by atoms with Gasteiger partial charge in [0.15, 0.2) is 0 Å². The molecule has 2 heterocycles. The fourth-order valence-electron chi connectivity index (χ4n) is 2.93. The van der Waals surface area contributed by atoms with Crippen molar-refractivity contribution in [1.29, 1.82) is 0 Å². The molecule has 1 aliphatic rings. The molecule has 1 aromatic carbocycles. The van der Waals surface area contributed by atoms with Crippen molar-refractivity contribution < 1.29 is 0 Å². The molecule has 3 nitrogen and oxygen atoms in total. The van der Waals surface area contributed by atoms with E-state index in [9.17, 15) is 0 Å². The van der Waals surface area contributed by atoms with Crippen molar-refractivity contribution in [3.63, 3.8) is 0 Å². The van der Waals surface area contributed by atoms with Crippen LogP contribution < -0.4 is 5.32 Å². The number of aromatic nitrogens is 2. The molecule has 0 saturated carbocycles. The van der Waals surface area contributed by atoms with E-state index in [-0.39, 0.29) is 0 Å². The smallest absolute Gasteiger partial charge is 0.109 e. The summed E-state index contributed by atoms with van der Waals surface area (Å²) in [5, 5.41) is 3.66. The lowest BCUT2D eigenvalue weighted by molar-refractivity contribution is 0.450. The average Bonchev–Trinajstić information content (AvgIpc) is 3.05. The summed E-state index contributed by atoms with van der Waals surface area (Å²) in [6.45, 7) is 3.18. The van der Waals surface area contributed by atoms with Gasteiger partial charge in [-0.05, 0) is 18.2 Å². The fourth-order valence-corrected chi connectivity index (χ4v) is 4.26. The highest BCUT2D eigenvalue weighted by molar-refractivity contribution is 7.99. The third-order valence-corrected chi connectivity index (χ3v) is 5.22. The zero-order valence-electron chi connectivity index (χ0n) is 12.0. The third-order valence-electron chi connectivity index (χ3n) is 4.01. The van der Waals surface area contributed by atoms with E-state index in [0.717, 1.165) is 18.8 Å². The number of nitrogens with zero attached hydrogens (tertiary/aromatic N) is 2. The molecule has 2 atom stereocenters. The zero-order chi connectivity index (χ0) is 13.9. The molecular formula is C16H21N3S. The summed E-state index contributed by atoms with van der Waals surface area (Å²) in [6, 6.07) is 9.26. The van der Waals surface area contributed by atoms with Gasteiger partial charge in [0.05, 0.1) is 0 Å². The first-order chi connectivity index (χ1) is 9.79. The molecule has 3 rings (SSSR count). The molecule has 20 heavy (non-hydrogen) atoms. The van der Waals surface area contributed by atoms with Crippen LogP contribution in [-0.4, -0.2) is 27.9 Å². The molecular weight excluding hydrogens is 266 g/mol. The van der Waals surface area contributed by atoms with Crippen LogP contribution in [0.1, 0.15) is 24.2 Å². The minimum absolute atomic E-state index is 0.456. The summed E-state index contributed by atoms with van der Waals surface area (Å²) in [5.74, 6) is 2.90. The molecule has 1 aliphatic heterocycles. The summed E-state index contributed by atoms with van der Waals surface area (Å²) in [4.78, 5) is 5.93. The summed E-state index contributed by atoms with van der Waals surface area (Å²) < 4.78 is 2.12. The maximum atomic E-state index is 4.48.